The lowest BCUT2D eigenvalue weighted by Gasteiger charge is -2.20. The van der Waals surface area contributed by atoms with Crippen LogP contribution < -0.4 is 5.32 Å². The van der Waals surface area contributed by atoms with Gasteiger partial charge in [-0.05, 0) is 55.0 Å². The maximum absolute atomic E-state index is 9.52. The van der Waals surface area contributed by atoms with E-state index in [1.807, 2.05) is 12.1 Å². The minimum absolute atomic E-state index is 0.397. The second-order valence-electron chi connectivity index (χ2n) is 5.80. The van der Waals surface area contributed by atoms with Crippen molar-refractivity contribution in [2.75, 3.05) is 6.54 Å². The van der Waals surface area contributed by atoms with Gasteiger partial charge in [0.1, 0.15) is 5.75 Å². The van der Waals surface area contributed by atoms with E-state index >= 15 is 0 Å². The van der Waals surface area contributed by atoms with Gasteiger partial charge in [-0.25, -0.2) is 0 Å². The average molecular weight is 261 g/mol. The van der Waals surface area contributed by atoms with E-state index in [-0.39, 0.29) is 0 Å². The normalized spacial score (nSPS) is 19.4. The third kappa shape index (κ3) is 3.73. The molecule has 0 amide bonds. The number of hydrogen-bond acceptors (Lipinski definition) is 2. The number of hydrogen-bond donors (Lipinski definition) is 2. The van der Waals surface area contributed by atoms with Crippen molar-refractivity contribution in [1.29, 1.82) is 0 Å². The summed E-state index contributed by atoms with van der Waals surface area (Å²) in [5.74, 6) is 1.20. The molecular weight excluding hydrogens is 234 g/mol. The summed E-state index contributed by atoms with van der Waals surface area (Å²) < 4.78 is 0. The number of phenolic OH excluding ortho intramolecular Hbond substituents is 1. The molecule has 1 aromatic rings. The van der Waals surface area contributed by atoms with E-state index in [9.17, 15) is 5.11 Å². The minimum Gasteiger partial charge on any atom is -0.508 e. The summed E-state index contributed by atoms with van der Waals surface area (Å²) in [4.78, 5) is 0. The molecule has 0 fully saturated rings. The highest BCUT2D eigenvalue weighted by Gasteiger charge is 2.22. The summed E-state index contributed by atoms with van der Waals surface area (Å²) in [6.07, 6.45) is 7.50. The molecule has 106 valence electrons. The van der Waals surface area contributed by atoms with Gasteiger partial charge in [0.15, 0.2) is 0 Å². The largest absolute Gasteiger partial charge is 0.508 e. The van der Waals surface area contributed by atoms with E-state index in [2.05, 4.69) is 25.2 Å². The van der Waals surface area contributed by atoms with E-state index in [0.717, 1.165) is 18.9 Å². The smallest absolute Gasteiger partial charge is 0.115 e. The van der Waals surface area contributed by atoms with Crippen molar-refractivity contribution in [3.8, 4) is 5.75 Å². The van der Waals surface area contributed by atoms with Gasteiger partial charge >= 0.3 is 0 Å². The van der Waals surface area contributed by atoms with Crippen LogP contribution in [0.15, 0.2) is 18.2 Å². The maximum atomic E-state index is 9.52. The zero-order valence-electron chi connectivity index (χ0n) is 12.3. The Hall–Kier alpha value is -1.02. The Bertz CT molecular complexity index is 402. The minimum atomic E-state index is 0.397. The average Bonchev–Trinajstić information content (AvgIpc) is 2.81. The molecule has 0 aliphatic heterocycles. The molecule has 1 aromatic carbocycles. The van der Waals surface area contributed by atoms with E-state index in [1.54, 1.807) is 0 Å². The van der Waals surface area contributed by atoms with Crippen LogP contribution in [0.4, 0.5) is 0 Å². The van der Waals surface area contributed by atoms with Gasteiger partial charge in [-0.1, -0.05) is 39.2 Å². The van der Waals surface area contributed by atoms with Gasteiger partial charge in [0, 0.05) is 6.04 Å². The Morgan fingerprint density at radius 3 is 2.95 bits per heavy atom. The fourth-order valence-corrected chi connectivity index (χ4v) is 3.07. The van der Waals surface area contributed by atoms with Gasteiger partial charge in [-0.2, -0.15) is 0 Å². The van der Waals surface area contributed by atoms with Crippen molar-refractivity contribution < 1.29 is 5.11 Å². The zero-order valence-corrected chi connectivity index (χ0v) is 12.3. The molecule has 1 aliphatic rings. The van der Waals surface area contributed by atoms with Gasteiger partial charge in [-0.3, -0.25) is 0 Å². The Morgan fingerprint density at radius 2 is 2.21 bits per heavy atom. The van der Waals surface area contributed by atoms with Crippen LogP contribution in [0.25, 0.3) is 0 Å². The first-order chi connectivity index (χ1) is 9.24. The first-order valence-electron chi connectivity index (χ1n) is 7.79. The standard InChI is InChI=1S/C17H27NO/c1-3-5-6-13(4-2)12-18-17-10-7-14-11-15(19)8-9-16(14)17/h8-9,11,13,17-19H,3-7,10,12H2,1-2H3. The number of benzene rings is 1. The predicted molar refractivity (Wildman–Crippen MR) is 80.5 cm³/mol. The molecule has 0 radical (unpaired) electrons. The van der Waals surface area contributed by atoms with E-state index in [4.69, 9.17) is 0 Å². The lowest BCUT2D eigenvalue weighted by atomic mass is 9.98. The van der Waals surface area contributed by atoms with Gasteiger partial charge < -0.3 is 10.4 Å². The Labute approximate surface area is 117 Å². The molecule has 0 heterocycles. The lowest BCUT2D eigenvalue weighted by molar-refractivity contribution is 0.389. The molecule has 2 atom stereocenters. The Balaban J connectivity index is 1.88. The molecule has 0 saturated carbocycles. The summed E-state index contributed by atoms with van der Waals surface area (Å²) in [7, 11) is 0. The maximum Gasteiger partial charge on any atom is 0.115 e. The van der Waals surface area contributed by atoms with Crippen LogP contribution in [0.2, 0.25) is 0 Å². The van der Waals surface area contributed by atoms with Gasteiger partial charge in [0.05, 0.1) is 0 Å². The fraction of sp³-hybridized carbons (Fsp3) is 0.647. The van der Waals surface area contributed by atoms with Crippen molar-refractivity contribution in [3.63, 3.8) is 0 Å². The van der Waals surface area contributed by atoms with Crippen LogP contribution in [0.3, 0.4) is 0 Å². The first-order valence-corrected chi connectivity index (χ1v) is 7.79. The molecule has 0 bridgehead atoms. The number of aryl methyl sites for hydroxylation is 1. The van der Waals surface area contributed by atoms with Crippen LogP contribution in [0.5, 0.6) is 5.75 Å². The molecule has 19 heavy (non-hydrogen) atoms. The topological polar surface area (TPSA) is 32.3 Å². The summed E-state index contributed by atoms with van der Waals surface area (Å²) in [6, 6.07) is 6.31. The summed E-state index contributed by atoms with van der Waals surface area (Å²) >= 11 is 0. The predicted octanol–water partition coefficient (Wildman–Crippen LogP) is 4.19. The molecule has 2 N–H and O–H groups in total. The van der Waals surface area contributed by atoms with Crippen LogP contribution in [0, 0.1) is 5.92 Å². The molecule has 2 heteroatoms. The third-order valence-electron chi connectivity index (χ3n) is 4.40. The summed E-state index contributed by atoms with van der Waals surface area (Å²) in [6.45, 7) is 5.68. The van der Waals surface area contributed by atoms with E-state index in [1.165, 1.54) is 43.2 Å². The van der Waals surface area contributed by atoms with Crippen molar-refractivity contribution >= 4 is 0 Å². The lowest BCUT2D eigenvalue weighted by Crippen LogP contribution is -2.26. The first kappa shape index (κ1) is 14.4. The van der Waals surface area contributed by atoms with Crippen molar-refractivity contribution in [1.82, 2.24) is 5.32 Å². The second kappa shape index (κ2) is 6.95. The highest BCUT2D eigenvalue weighted by molar-refractivity contribution is 5.39. The fourth-order valence-electron chi connectivity index (χ4n) is 3.07. The number of phenols is 1. The van der Waals surface area contributed by atoms with E-state index < -0.39 is 0 Å². The molecule has 2 rings (SSSR count). The summed E-state index contributed by atoms with van der Waals surface area (Å²) in [5.41, 5.74) is 2.71. The Morgan fingerprint density at radius 1 is 1.37 bits per heavy atom. The quantitative estimate of drug-likeness (QED) is 0.771. The van der Waals surface area contributed by atoms with E-state index in [0.29, 0.717) is 11.8 Å². The molecule has 2 unspecified atom stereocenters. The molecule has 0 saturated heterocycles. The SMILES string of the molecule is CCCCC(CC)CNC1CCc2cc(O)ccc21. The number of unbranched alkanes of at least 4 members (excludes halogenated alkanes) is 1. The zero-order chi connectivity index (χ0) is 13.7. The monoisotopic (exact) mass is 261 g/mol. The molecule has 1 aliphatic carbocycles. The second-order valence-corrected chi connectivity index (χ2v) is 5.80. The van der Waals surface area contributed by atoms with Crippen molar-refractivity contribution in [2.45, 2.75) is 58.4 Å². The van der Waals surface area contributed by atoms with Crippen LogP contribution in [-0.2, 0) is 6.42 Å². The van der Waals surface area contributed by atoms with Gasteiger partial charge in [0.2, 0.25) is 0 Å². The highest BCUT2D eigenvalue weighted by atomic mass is 16.3. The molecule has 0 spiro atoms. The third-order valence-corrected chi connectivity index (χ3v) is 4.40. The van der Waals surface area contributed by atoms with Crippen LogP contribution in [0.1, 0.15) is 63.1 Å². The van der Waals surface area contributed by atoms with Gasteiger partial charge in [0.25, 0.3) is 0 Å². The van der Waals surface area contributed by atoms with Crippen molar-refractivity contribution in [2.24, 2.45) is 5.92 Å². The Kier molecular flexibility index (Phi) is 5.26. The van der Waals surface area contributed by atoms with Crippen molar-refractivity contribution in [3.05, 3.63) is 29.3 Å². The van der Waals surface area contributed by atoms with Gasteiger partial charge in [-0.15, -0.1) is 0 Å². The highest BCUT2D eigenvalue weighted by Crippen LogP contribution is 2.33. The number of nitrogens with one attached hydrogen (secondary N) is 1. The molecular formula is C17H27NO. The van der Waals surface area contributed by atoms with Crippen LogP contribution >= 0.6 is 0 Å². The number of aromatic hydroxyl groups is 1. The number of rotatable bonds is 7. The van der Waals surface area contributed by atoms with Crippen LogP contribution in [-0.4, -0.2) is 11.7 Å². The molecule has 2 nitrogen and oxygen atoms in total. The number of fused-ring (bicyclic) bond motifs is 1. The molecule has 0 aromatic heterocycles. The summed E-state index contributed by atoms with van der Waals surface area (Å²) in [5, 5.41) is 13.3.